The normalized spacial score (nSPS) is 12.9. The van der Waals surface area contributed by atoms with Crippen LogP contribution in [-0.4, -0.2) is 43.8 Å². The second-order valence-corrected chi connectivity index (χ2v) is 13.1. The molecule has 0 fully saturated rings. The molecule has 0 saturated heterocycles. The molecule has 220 valence electrons. The quantitative estimate of drug-likeness (QED) is 0.268. The van der Waals surface area contributed by atoms with E-state index < -0.39 is 28.5 Å². The minimum atomic E-state index is -4.15. The number of benzene rings is 3. The maximum Gasteiger partial charge on any atom is 0.264 e. The van der Waals surface area contributed by atoms with Crippen LogP contribution in [0.5, 0.6) is 0 Å². The summed E-state index contributed by atoms with van der Waals surface area (Å²) in [5.74, 6) is -0.908. The number of hydrogen-bond acceptors (Lipinski definition) is 4. The standard InChI is InChI=1S/C31H37Cl2N3O4S/c1-7-23(5)34-31(38)24(6)35(18-25-10-11-26(32)17-29(25)33)30(37)19-36(27-15-21(3)14-22(4)16-27)41(39,40)28-12-8-20(2)9-13-28/h8-17,23-24H,7,18-19H2,1-6H3,(H,34,38)/t23-,24+/m1/s1. The zero-order valence-corrected chi connectivity index (χ0v) is 26.6. The zero-order chi connectivity index (χ0) is 30.5. The van der Waals surface area contributed by atoms with E-state index in [2.05, 4.69) is 5.32 Å². The Morgan fingerprint density at radius 3 is 2.05 bits per heavy atom. The van der Waals surface area contributed by atoms with E-state index in [1.165, 1.54) is 17.0 Å². The molecule has 3 aromatic carbocycles. The molecule has 7 nitrogen and oxygen atoms in total. The Morgan fingerprint density at radius 2 is 1.49 bits per heavy atom. The molecule has 0 aromatic heterocycles. The van der Waals surface area contributed by atoms with Crippen LogP contribution < -0.4 is 9.62 Å². The topological polar surface area (TPSA) is 86.8 Å². The molecule has 2 amide bonds. The summed E-state index contributed by atoms with van der Waals surface area (Å²) in [6.45, 7) is 10.5. The summed E-state index contributed by atoms with van der Waals surface area (Å²) in [4.78, 5) is 28.7. The first-order chi connectivity index (χ1) is 19.2. The smallest absolute Gasteiger partial charge is 0.264 e. The van der Waals surface area contributed by atoms with Crippen LogP contribution in [-0.2, 0) is 26.2 Å². The van der Waals surface area contributed by atoms with E-state index in [9.17, 15) is 18.0 Å². The highest BCUT2D eigenvalue weighted by Crippen LogP contribution is 2.28. The van der Waals surface area contributed by atoms with Gasteiger partial charge in [0.2, 0.25) is 11.8 Å². The molecule has 0 saturated carbocycles. The molecule has 41 heavy (non-hydrogen) atoms. The third-order valence-corrected chi connectivity index (χ3v) is 9.28. The number of amides is 2. The second-order valence-electron chi connectivity index (χ2n) is 10.4. The van der Waals surface area contributed by atoms with Crippen LogP contribution in [0.25, 0.3) is 0 Å². The van der Waals surface area contributed by atoms with Gasteiger partial charge in [-0.05, 0) is 94.1 Å². The zero-order valence-electron chi connectivity index (χ0n) is 24.2. The third-order valence-electron chi connectivity index (χ3n) is 6.91. The highest BCUT2D eigenvalue weighted by Gasteiger charge is 2.33. The molecule has 2 atom stereocenters. The molecule has 0 aliphatic carbocycles. The minimum absolute atomic E-state index is 0.0187. The molecule has 0 aliphatic rings. The molecule has 0 spiro atoms. The van der Waals surface area contributed by atoms with Crippen molar-refractivity contribution in [1.82, 2.24) is 10.2 Å². The molecular formula is C31H37Cl2N3O4S. The molecule has 0 bridgehead atoms. The molecule has 3 rings (SSSR count). The van der Waals surface area contributed by atoms with Crippen molar-refractivity contribution in [3.63, 3.8) is 0 Å². The third kappa shape index (κ3) is 8.24. The Bertz CT molecular complexity index is 1490. The van der Waals surface area contributed by atoms with Crippen LogP contribution in [0.3, 0.4) is 0 Å². The van der Waals surface area contributed by atoms with Gasteiger partial charge in [0.05, 0.1) is 10.6 Å². The van der Waals surface area contributed by atoms with E-state index in [0.29, 0.717) is 27.7 Å². The number of aryl methyl sites for hydroxylation is 3. The van der Waals surface area contributed by atoms with E-state index in [1.54, 1.807) is 49.4 Å². The number of anilines is 1. The highest BCUT2D eigenvalue weighted by molar-refractivity contribution is 7.92. The maximum absolute atomic E-state index is 14.1. The number of hydrogen-bond donors (Lipinski definition) is 1. The summed E-state index contributed by atoms with van der Waals surface area (Å²) in [7, 11) is -4.15. The second kappa shape index (κ2) is 13.7. The van der Waals surface area contributed by atoms with Gasteiger partial charge in [-0.1, -0.05) is 60.0 Å². The van der Waals surface area contributed by atoms with Gasteiger partial charge in [-0.3, -0.25) is 13.9 Å². The van der Waals surface area contributed by atoms with Gasteiger partial charge in [-0.15, -0.1) is 0 Å². The van der Waals surface area contributed by atoms with Gasteiger partial charge in [-0.25, -0.2) is 8.42 Å². The van der Waals surface area contributed by atoms with E-state index >= 15 is 0 Å². The first-order valence-corrected chi connectivity index (χ1v) is 15.6. The Labute approximate surface area is 253 Å². The van der Waals surface area contributed by atoms with Crippen molar-refractivity contribution in [1.29, 1.82) is 0 Å². The fourth-order valence-electron chi connectivity index (χ4n) is 4.34. The fraction of sp³-hybridized carbons (Fsp3) is 0.355. The van der Waals surface area contributed by atoms with Crippen LogP contribution in [0.15, 0.2) is 65.6 Å². The van der Waals surface area contributed by atoms with Crippen LogP contribution in [0.1, 0.15) is 49.4 Å². The van der Waals surface area contributed by atoms with Gasteiger partial charge in [0.25, 0.3) is 10.0 Å². The van der Waals surface area contributed by atoms with Crippen molar-refractivity contribution in [3.05, 3.63) is 93.0 Å². The predicted molar refractivity (Wildman–Crippen MR) is 166 cm³/mol. The Balaban J connectivity index is 2.08. The number of sulfonamides is 1. The Hall–Kier alpha value is -3.07. The van der Waals surface area contributed by atoms with Gasteiger partial charge in [-0.2, -0.15) is 0 Å². The minimum Gasteiger partial charge on any atom is -0.352 e. The predicted octanol–water partition coefficient (Wildman–Crippen LogP) is 6.45. The van der Waals surface area contributed by atoms with Crippen LogP contribution >= 0.6 is 23.2 Å². The van der Waals surface area contributed by atoms with Crippen molar-refractivity contribution < 1.29 is 18.0 Å². The van der Waals surface area contributed by atoms with Crippen molar-refractivity contribution in [3.8, 4) is 0 Å². The van der Waals surface area contributed by atoms with Gasteiger partial charge in [0.15, 0.2) is 0 Å². The van der Waals surface area contributed by atoms with E-state index in [-0.39, 0.29) is 23.4 Å². The van der Waals surface area contributed by atoms with Crippen molar-refractivity contribution in [2.75, 3.05) is 10.8 Å². The maximum atomic E-state index is 14.1. The molecule has 0 unspecified atom stereocenters. The van der Waals surface area contributed by atoms with Crippen molar-refractivity contribution in [2.24, 2.45) is 0 Å². The summed E-state index contributed by atoms with van der Waals surface area (Å²) in [6.07, 6.45) is 0.713. The van der Waals surface area contributed by atoms with Crippen molar-refractivity contribution >= 4 is 50.7 Å². The molecule has 0 aliphatic heterocycles. The number of nitrogens with one attached hydrogen (secondary N) is 1. The average Bonchev–Trinajstić information content (AvgIpc) is 2.90. The van der Waals surface area contributed by atoms with Gasteiger partial charge in [0, 0.05) is 22.6 Å². The average molecular weight is 619 g/mol. The van der Waals surface area contributed by atoms with E-state index in [0.717, 1.165) is 21.0 Å². The number of carbonyl (C=O) groups is 2. The first-order valence-electron chi connectivity index (χ1n) is 13.4. The molecular weight excluding hydrogens is 581 g/mol. The number of rotatable bonds is 11. The number of nitrogens with zero attached hydrogens (tertiary/aromatic N) is 2. The largest absolute Gasteiger partial charge is 0.352 e. The monoisotopic (exact) mass is 617 g/mol. The summed E-state index contributed by atoms with van der Waals surface area (Å²) >= 11 is 12.5. The number of halogens is 2. The van der Waals surface area contributed by atoms with E-state index in [1.807, 2.05) is 40.7 Å². The van der Waals surface area contributed by atoms with Crippen LogP contribution in [0.4, 0.5) is 5.69 Å². The lowest BCUT2D eigenvalue weighted by molar-refractivity contribution is -0.139. The lowest BCUT2D eigenvalue weighted by Gasteiger charge is -2.33. The van der Waals surface area contributed by atoms with Crippen LogP contribution in [0.2, 0.25) is 10.0 Å². The summed E-state index contributed by atoms with van der Waals surface area (Å²) in [5, 5.41) is 3.69. The Morgan fingerprint density at radius 1 is 0.878 bits per heavy atom. The lowest BCUT2D eigenvalue weighted by Crippen LogP contribution is -2.52. The SMILES string of the molecule is CC[C@@H](C)NC(=O)[C@H](C)N(Cc1ccc(Cl)cc1Cl)C(=O)CN(c1cc(C)cc(C)c1)S(=O)(=O)c1ccc(C)cc1. The summed E-state index contributed by atoms with van der Waals surface area (Å²) in [5.41, 5.74) is 3.54. The van der Waals surface area contributed by atoms with Gasteiger partial charge >= 0.3 is 0 Å². The summed E-state index contributed by atoms with van der Waals surface area (Å²) in [6, 6.07) is 15.8. The molecule has 10 heteroatoms. The fourth-order valence-corrected chi connectivity index (χ4v) is 6.21. The highest BCUT2D eigenvalue weighted by atomic mass is 35.5. The molecule has 0 heterocycles. The van der Waals surface area contributed by atoms with Crippen molar-refractivity contribution in [2.45, 2.75) is 71.5 Å². The van der Waals surface area contributed by atoms with E-state index in [4.69, 9.17) is 23.2 Å². The number of carbonyl (C=O) groups excluding carboxylic acids is 2. The summed E-state index contributed by atoms with van der Waals surface area (Å²) < 4.78 is 29.1. The Kier molecular flexibility index (Phi) is 10.9. The van der Waals surface area contributed by atoms with Gasteiger partial charge < -0.3 is 10.2 Å². The molecule has 0 radical (unpaired) electrons. The molecule has 3 aromatic rings. The van der Waals surface area contributed by atoms with Gasteiger partial charge in [0.1, 0.15) is 12.6 Å². The van der Waals surface area contributed by atoms with Crippen LogP contribution in [0, 0.1) is 20.8 Å². The lowest BCUT2D eigenvalue weighted by atomic mass is 10.1. The molecule has 1 N–H and O–H groups in total. The first kappa shape index (κ1) is 32.4.